The SMILES string of the molecule is Cc1ccc(S(=O)(=O)n2c(C)c(C)c3c(CC=O)c(OS(=O)(=O)C(F)(F)F)ccc32)cc1. The molecule has 0 unspecified atom stereocenters. The van der Waals surface area contributed by atoms with Gasteiger partial charge in [-0.15, -0.1) is 0 Å². The fourth-order valence-electron chi connectivity index (χ4n) is 3.37. The molecule has 7 nitrogen and oxygen atoms in total. The molecule has 3 rings (SSSR count). The van der Waals surface area contributed by atoms with Crippen LogP contribution in [-0.4, -0.2) is 32.6 Å². The summed E-state index contributed by atoms with van der Waals surface area (Å²) in [5, 5.41) is 0.125. The van der Waals surface area contributed by atoms with Gasteiger partial charge in [-0.05, 0) is 50.6 Å². The van der Waals surface area contributed by atoms with E-state index in [9.17, 15) is 34.8 Å². The second-order valence-electron chi connectivity index (χ2n) is 7.08. The summed E-state index contributed by atoms with van der Waals surface area (Å²) in [6.45, 7) is 4.81. The first-order valence-electron chi connectivity index (χ1n) is 9.12. The molecule has 0 fully saturated rings. The number of aryl methyl sites for hydroxylation is 2. The highest BCUT2D eigenvalue weighted by atomic mass is 32.2. The number of alkyl halides is 3. The van der Waals surface area contributed by atoms with Crippen molar-refractivity contribution in [2.45, 2.75) is 37.6 Å². The summed E-state index contributed by atoms with van der Waals surface area (Å²) < 4.78 is 93.4. The largest absolute Gasteiger partial charge is 0.534 e. The number of hydrogen-bond donors (Lipinski definition) is 0. The van der Waals surface area contributed by atoms with E-state index in [1.165, 1.54) is 26.0 Å². The third-order valence-corrected chi connectivity index (χ3v) is 7.80. The number of hydrogen-bond acceptors (Lipinski definition) is 6. The highest BCUT2D eigenvalue weighted by molar-refractivity contribution is 7.90. The molecule has 1 heterocycles. The Morgan fingerprint density at radius 3 is 2.09 bits per heavy atom. The van der Waals surface area contributed by atoms with Crippen molar-refractivity contribution in [1.82, 2.24) is 3.97 Å². The molecule has 1 aromatic heterocycles. The van der Waals surface area contributed by atoms with Gasteiger partial charge in [0.1, 0.15) is 12.0 Å². The Morgan fingerprint density at radius 1 is 0.969 bits per heavy atom. The van der Waals surface area contributed by atoms with Crippen LogP contribution < -0.4 is 4.18 Å². The Hall–Kier alpha value is -2.86. The summed E-state index contributed by atoms with van der Waals surface area (Å²) in [6.07, 6.45) is -0.128. The van der Waals surface area contributed by atoms with E-state index in [1.807, 2.05) is 0 Å². The van der Waals surface area contributed by atoms with Gasteiger partial charge in [0.15, 0.2) is 0 Å². The molecule has 0 amide bonds. The summed E-state index contributed by atoms with van der Waals surface area (Å²) in [4.78, 5) is 11.2. The molecule has 0 aliphatic rings. The van der Waals surface area contributed by atoms with Crippen LogP contribution in [0, 0.1) is 20.8 Å². The van der Waals surface area contributed by atoms with Crippen LogP contribution in [0.3, 0.4) is 0 Å². The third kappa shape index (κ3) is 3.88. The van der Waals surface area contributed by atoms with Gasteiger partial charge in [-0.1, -0.05) is 17.7 Å². The predicted octanol–water partition coefficient (Wildman–Crippen LogP) is 3.77. The molecule has 2 aromatic carbocycles. The van der Waals surface area contributed by atoms with Crippen LogP contribution >= 0.6 is 0 Å². The molecule has 0 saturated carbocycles. The first-order valence-corrected chi connectivity index (χ1v) is 12.0. The zero-order valence-corrected chi connectivity index (χ0v) is 18.7. The van der Waals surface area contributed by atoms with Crippen molar-refractivity contribution < 1.29 is 39.0 Å². The van der Waals surface area contributed by atoms with E-state index in [0.29, 0.717) is 11.8 Å². The van der Waals surface area contributed by atoms with Crippen LogP contribution in [0.4, 0.5) is 13.2 Å². The topological polar surface area (TPSA) is 99.5 Å². The molecule has 0 bridgehead atoms. The van der Waals surface area contributed by atoms with E-state index in [1.54, 1.807) is 19.1 Å². The molecular weight excluding hydrogens is 471 g/mol. The summed E-state index contributed by atoms with van der Waals surface area (Å²) >= 11 is 0. The maximum Gasteiger partial charge on any atom is 0.534 e. The lowest BCUT2D eigenvalue weighted by atomic mass is 10.0. The van der Waals surface area contributed by atoms with Gasteiger partial charge in [-0.25, -0.2) is 12.4 Å². The molecule has 32 heavy (non-hydrogen) atoms. The molecule has 0 aliphatic heterocycles. The first-order chi connectivity index (χ1) is 14.7. The number of benzene rings is 2. The number of fused-ring (bicyclic) bond motifs is 1. The molecular formula is C20H18F3NO6S2. The minimum Gasteiger partial charge on any atom is -0.376 e. The molecule has 172 valence electrons. The lowest BCUT2D eigenvalue weighted by molar-refractivity contribution is -0.107. The van der Waals surface area contributed by atoms with Crippen molar-refractivity contribution in [3.8, 4) is 5.75 Å². The highest BCUT2D eigenvalue weighted by Gasteiger charge is 2.49. The Kier molecular flexibility index (Phi) is 5.89. The number of carbonyl (C=O) groups excluding carboxylic acids is 1. The van der Waals surface area contributed by atoms with Gasteiger partial charge in [-0.2, -0.15) is 21.6 Å². The number of halogens is 3. The minimum absolute atomic E-state index is 0.0139. The highest BCUT2D eigenvalue weighted by Crippen LogP contribution is 2.38. The molecule has 0 N–H and O–H groups in total. The average Bonchev–Trinajstić information content (AvgIpc) is 2.94. The number of rotatable bonds is 6. The van der Waals surface area contributed by atoms with Crippen molar-refractivity contribution in [3.63, 3.8) is 0 Å². The summed E-state index contributed by atoms with van der Waals surface area (Å²) in [5.74, 6) is -0.699. The van der Waals surface area contributed by atoms with E-state index in [4.69, 9.17) is 0 Å². The lowest BCUT2D eigenvalue weighted by Crippen LogP contribution is -2.28. The van der Waals surface area contributed by atoms with Gasteiger partial charge in [0.05, 0.1) is 10.4 Å². The normalized spacial score (nSPS) is 12.8. The van der Waals surface area contributed by atoms with E-state index < -0.39 is 37.8 Å². The van der Waals surface area contributed by atoms with Crippen LogP contribution in [-0.2, 0) is 31.4 Å². The zero-order valence-electron chi connectivity index (χ0n) is 17.1. The van der Waals surface area contributed by atoms with Gasteiger partial charge in [-0.3, -0.25) is 0 Å². The molecule has 12 heteroatoms. The van der Waals surface area contributed by atoms with E-state index in [0.717, 1.165) is 21.7 Å². The smallest absolute Gasteiger partial charge is 0.376 e. The number of carbonyl (C=O) groups is 1. The quantitative estimate of drug-likeness (QED) is 0.297. The van der Waals surface area contributed by atoms with Crippen molar-refractivity contribution in [3.05, 3.63) is 58.8 Å². The van der Waals surface area contributed by atoms with Crippen molar-refractivity contribution in [2.75, 3.05) is 0 Å². The molecule has 3 aromatic rings. The summed E-state index contributed by atoms with van der Waals surface area (Å²) in [7, 11) is -10.1. The van der Waals surface area contributed by atoms with E-state index in [-0.39, 0.29) is 27.1 Å². The summed E-state index contributed by atoms with van der Waals surface area (Å²) in [5.41, 5.74) is -4.31. The van der Waals surface area contributed by atoms with Crippen LogP contribution in [0.1, 0.15) is 22.4 Å². The zero-order chi connectivity index (χ0) is 24.1. The number of nitrogens with zero attached hydrogens (tertiary/aromatic N) is 1. The van der Waals surface area contributed by atoms with Crippen molar-refractivity contribution in [1.29, 1.82) is 0 Å². The second kappa shape index (κ2) is 7.93. The Labute approximate surface area is 182 Å². The summed E-state index contributed by atoms with van der Waals surface area (Å²) in [6, 6.07) is 8.14. The maximum atomic E-state index is 13.3. The maximum absolute atomic E-state index is 13.3. The second-order valence-corrected chi connectivity index (χ2v) is 10.4. The van der Waals surface area contributed by atoms with Crippen molar-refractivity contribution >= 4 is 37.3 Å². The van der Waals surface area contributed by atoms with Crippen LogP contribution in [0.5, 0.6) is 5.75 Å². The molecule has 0 atom stereocenters. The van der Waals surface area contributed by atoms with Crippen molar-refractivity contribution in [2.24, 2.45) is 0 Å². The fraction of sp³-hybridized carbons (Fsp3) is 0.250. The molecule has 0 aliphatic carbocycles. The average molecular weight is 489 g/mol. The van der Waals surface area contributed by atoms with Crippen LogP contribution in [0.2, 0.25) is 0 Å². The van der Waals surface area contributed by atoms with E-state index >= 15 is 0 Å². The van der Waals surface area contributed by atoms with Gasteiger partial charge < -0.3 is 8.98 Å². The first kappa shape index (κ1) is 23.8. The van der Waals surface area contributed by atoms with Gasteiger partial charge in [0, 0.05) is 23.1 Å². The van der Waals surface area contributed by atoms with Gasteiger partial charge >= 0.3 is 15.6 Å². The Balaban J connectivity index is 2.32. The van der Waals surface area contributed by atoms with E-state index in [2.05, 4.69) is 4.18 Å². The lowest BCUT2D eigenvalue weighted by Gasteiger charge is -2.14. The van der Waals surface area contributed by atoms with Gasteiger partial charge in [0.2, 0.25) is 0 Å². The minimum atomic E-state index is -5.99. The molecule has 0 spiro atoms. The van der Waals surface area contributed by atoms with Gasteiger partial charge in [0.25, 0.3) is 10.0 Å². The monoisotopic (exact) mass is 489 g/mol. The Morgan fingerprint density at radius 2 is 1.56 bits per heavy atom. The van der Waals surface area contributed by atoms with Crippen LogP contribution in [0.15, 0.2) is 41.3 Å². The molecule has 0 saturated heterocycles. The third-order valence-electron chi connectivity index (χ3n) is 5.02. The fourth-order valence-corrected chi connectivity index (χ4v) is 5.46. The van der Waals surface area contributed by atoms with Crippen LogP contribution in [0.25, 0.3) is 10.9 Å². The molecule has 0 radical (unpaired) electrons. The Bertz CT molecular complexity index is 1420. The predicted molar refractivity (Wildman–Crippen MR) is 111 cm³/mol. The number of aldehydes is 1. The standard InChI is InChI=1S/C20H18F3NO6S2/c1-12-4-6-15(7-5-12)31(26,27)24-14(3)13(2)19-16(10-11-25)18(9-8-17(19)24)30-32(28,29)20(21,22)23/h4-9,11H,10H2,1-3H3. The number of aromatic nitrogens is 1.